The predicted octanol–water partition coefficient (Wildman–Crippen LogP) is 17.3. The summed E-state index contributed by atoms with van der Waals surface area (Å²) >= 11 is 0. The summed E-state index contributed by atoms with van der Waals surface area (Å²) in [5.41, 5.74) is 0. The monoisotopic (exact) mass is 1210 g/mol. The number of esters is 4. The normalized spacial score (nSPS) is 14.3. The number of rotatable bonds is 62. The molecule has 0 bridgehead atoms. The van der Waals surface area contributed by atoms with E-state index in [1.54, 1.807) is 0 Å². The molecule has 17 nitrogen and oxygen atoms in total. The predicted molar refractivity (Wildman–Crippen MR) is 326 cm³/mol. The lowest BCUT2D eigenvalue weighted by Gasteiger charge is -2.21. The van der Waals surface area contributed by atoms with Crippen molar-refractivity contribution >= 4 is 39.5 Å². The van der Waals surface area contributed by atoms with Crippen LogP contribution in [0.5, 0.6) is 0 Å². The van der Waals surface area contributed by atoms with Crippen molar-refractivity contribution in [1.29, 1.82) is 0 Å². The van der Waals surface area contributed by atoms with Gasteiger partial charge in [-0.15, -0.1) is 0 Å². The van der Waals surface area contributed by atoms with Gasteiger partial charge in [-0.3, -0.25) is 37.3 Å². The molecule has 19 heteroatoms. The van der Waals surface area contributed by atoms with Crippen LogP contribution in [0.2, 0.25) is 0 Å². The molecule has 0 rings (SSSR count). The van der Waals surface area contributed by atoms with E-state index in [9.17, 15) is 43.2 Å². The first-order chi connectivity index (χ1) is 39.4. The number of aliphatic hydroxyl groups excluding tert-OH is 1. The number of carbonyl (C=O) groups excluding carboxylic acids is 4. The van der Waals surface area contributed by atoms with Gasteiger partial charge in [0.1, 0.15) is 19.3 Å². The lowest BCUT2D eigenvalue weighted by atomic mass is 10.0. The van der Waals surface area contributed by atoms with Gasteiger partial charge in [0.15, 0.2) is 12.2 Å². The molecule has 0 aliphatic rings. The molecule has 0 heterocycles. The Morgan fingerprint density at radius 2 is 0.561 bits per heavy atom. The highest BCUT2D eigenvalue weighted by Crippen LogP contribution is 2.45. The molecule has 0 radical (unpaired) electrons. The summed E-state index contributed by atoms with van der Waals surface area (Å²) in [5, 5.41) is 10.5. The van der Waals surface area contributed by atoms with Crippen molar-refractivity contribution in [2.75, 3.05) is 39.6 Å². The number of aliphatic hydroxyl groups is 1. The molecule has 0 aromatic carbocycles. The van der Waals surface area contributed by atoms with E-state index in [-0.39, 0.29) is 25.7 Å². The zero-order valence-electron chi connectivity index (χ0n) is 52.8. The van der Waals surface area contributed by atoms with Gasteiger partial charge in [0.05, 0.1) is 26.4 Å². The molecule has 3 N–H and O–H groups in total. The maximum atomic E-state index is 13.0. The molecule has 486 valence electrons. The largest absolute Gasteiger partial charge is 0.472 e. The molecule has 0 aliphatic carbocycles. The lowest BCUT2D eigenvalue weighted by Crippen LogP contribution is -2.30. The number of phosphoric ester groups is 2. The molecule has 0 aromatic rings. The molecule has 2 unspecified atom stereocenters. The van der Waals surface area contributed by atoms with Crippen LogP contribution < -0.4 is 0 Å². The molecule has 0 aromatic heterocycles. The molecule has 82 heavy (non-hydrogen) atoms. The number of phosphoric acid groups is 2. The summed E-state index contributed by atoms with van der Waals surface area (Å²) in [5.74, 6) is -0.630. The van der Waals surface area contributed by atoms with Gasteiger partial charge >= 0.3 is 39.5 Å². The Morgan fingerprint density at radius 1 is 0.329 bits per heavy atom. The third-order valence-corrected chi connectivity index (χ3v) is 16.4. The highest BCUT2D eigenvalue weighted by molar-refractivity contribution is 7.47. The molecule has 0 amide bonds. The van der Waals surface area contributed by atoms with E-state index in [2.05, 4.69) is 41.5 Å². The minimum absolute atomic E-state index is 0.104. The zero-order valence-corrected chi connectivity index (χ0v) is 54.6. The maximum absolute atomic E-state index is 13.0. The van der Waals surface area contributed by atoms with Crippen LogP contribution in [0, 0.1) is 11.8 Å². The molecular weight excluding hydrogens is 1090 g/mol. The second-order valence-corrected chi connectivity index (χ2v) is 26.7. The number of carbonyl (C=O) groups is 4. The van der Waals surface area contributed by atoms with Crippen molar-refractivity contribution in [3.8, 4) is 0 Å². The molecule has 0 spiro atoms. The molecule has 0 saturated heterocycles. The van der Waals surface area contributed by atoms with Crippen molar-refractivity contribution in [2.45, 2.75) is 330 Å². The van der Waals surface area contributed by atoms with Crippen molar-refractivity contribution < 1.29 is 80.2 Å². The number of hydrogen-bond donors (Lipinski definition) is 3. The van der Waals surface area contributed by atoms with E-state index in [0.29, 0.717) is 25.7 Å². The summed E-state index contributed by atoms with van der Waals surface area (Å²) in [6, 6.07) is 0. The maximum Gasteiger partial charge on any atom is 0.472 e. The van der Waals surface area contributed by atoms with Gasteiger partial charge in [-0.2, -0.15) is 0 Å². The van der Waals surface area contributed by atoms with E-state index >= 15 is 0 Å². The van der Waals surface area contributed by atoms with Crippen molar-refractivity contribution in [2.24, 2.45) is 11.8 Å². The fourth-order valence-electron chi connectivity index (χ4n) is 9.35. The average molecular weight is 1210 g/mol. The van der Waals surface area contributed by atoms with Gasteiger partial charge in [-0.25, -0.2) is 9.13 Å². The van der Waals surface area contributed by atoms with E-state index in [4.69, 9.17) is 37.0 Å². The summed E-state index contributed by atoms with van der Waals surface area (Å²) < 4.78 is 67.8. The van der Waals surface area contributed by atoms with E-state index < -0.39 is 97.5 Å². The SMILES string of the molecule is CCCCCCCCCCC(=O)OC[C@H](COP(=O)(O)OC[C@H](O)COP(=O)(O)OC[C@@H](COC(=O)CCCCCCCCCCCC(C)C)OC(=O)CCCCCCCCCCCCCC(C)C)OC(=O)CCCCCCCCCC. The molecule has 0 fully saturated rings. The lowest BCUT2D eigenvalue weighted by molar-refractivity contribution is -0.161. The Labute approximate surface area is 498 Å². The summed E-state index contributed by atoms with van der Waals surface area (Å²) in [4.78, 5) is 72.0. The third kappa shape index (κ3) is 57.2. The highest BCUT2D eigenvalue weighted by Gasteiger charge is 2.30. The Hall–Kier alpha value is -1.94. The minimum Gasteiger partial charge on any atom is -0.462 e. The number of unbranched alkanes of at least 4 members (excludes halogenated alkanes) is 32. The summed E-state index contributed by atoms with van der Waals surface area (Å²) in [6.07, 6.45) is 37.6. The van der Waals surface area contributed by atoms with Crippen molar-refractivity contribution in [3.05, 3.63) is 0 Å². The highest BCUT2D eigenvalue weighted by atomic mass is 31.2. The topological polar surface area (TPSA) is 237 Å². The summed E-state index contributed by atoms with van der Waals surface area (Å²) in [6.45, 7) is 9.42. The summed E-state index contributed by atoms with van der Waals surface area (Å²) in [7, 11) is -9.88. The second-order valence-electron chi connectivity index (χ2n) is 23.7. The first kappa shape index (κ1) is 80.1. The Bertz CT molecular complexity index is 1620. The van der Waals surface area contributed by atoms with Crippen LogP contribution in [0.4, 0.5) is 0 Å². The average Bonchev–Trinajstić information content (AvgIpc) is 3.46. The van der Waals surface area contributed by atoms with Crippen LogP contribution in [0.3, 0.4) is 0 Å². The molecular formula is C63H122O17P2. The van der Waals surface area contributed by atoms with Crippen LogP contribution in [-0.4, -0.2) is 96.7 Å². The number of ether oxygens (including phenoxy) is 4. The fourth-order valence-corrected chi connectivity index (χ4v) is 10.9. The Kier molecular flexibility index (Phi) is 54.3. The van der Waals surface area contributed by atoms with Crippen LogP contribution in [-0.2, 0) is 65.4 Å². The second kappa shape index (κ2) is 55.6. The quantitative estimate of drug-likeness (QED) is 0.0222. The fraction of sp³-hybridized carbons (Fsp3) is 0.937. The van der Waals surface area contributed by atoms with Crippen LogP contribution in [0.1, 0.15) is 311 Å². The van der Waals surface area contributed by atoms with Gasteiger partial charge in [0.25, 0.3) is 0 Å². The number of hydrogen-bond acceptors (Lipinski definition) is 15. The van der Waals surface area contributed by atoms with Crippen LogP contribution in [0.25, 0.3) is 0 Å². The molecule has 0 saturated carbocycles. The Balaban J connectivity index is 5.21. The van der Waals surface area contributed by atoms with Gasteiger partial charge in [0, 0.05) is 25.7 Å². The smallest absolute Gasteiger partial charge is 0.462 e. The van der Waals surface area contributed by atoms with Crippen molar-refractivity contribution in [3.63, 3.8) is 0 Å². The van der Waals surface area contributed by atoms with Gasteiger partial charge in [-0.1, -0.05) is 260 Å². The van der Waals surface area contributed by atoms with E-state index in [1.807, 2.05) is 0 Å². The molecule has 5 atom stereocenters. The zero-order chi connectivity index (χ0) is 60.8. The first-order valence-corrected chi connectivity index (χ1v) is 36.0. The van der Waals surface area contributed by atoms with Gasteiger partial charge in [0.2, 0.25) is 0 Å². The first-order valence-electron chi connectivity index (χ1n) is 33.0. The minimum atomic E-state index is -4.94. The van der Waals surface area contributed by atoms with E-state index in [0.717, 1.165) is 115 Å². The van der Waals surface area contributed by atoms with Crippen LogP contribution >= 0.6 is 15.6 Å². The van der Waals surface area contributed by atoms with Gasteiger partial charge in [-0.05, 0) is 37.5 Å². The van der Waals surface area contributed by atoms with Crippen molar-refractivity contribution in [1.82, 2.24) is 0 Å². The van der Waals surface area contributed by atoms with Crippen LogP contribution in [0.15, 0.2) is 0 Å². The van der Waals surface area contributed by atoms with Gasteiger partial charge < -0.3 is 33.8 Å². The van der Waals surface area contributed by atoms with E-state index in [1.165, 1.54) is 116 Å². The third-order valence-electron chi connectivity index (χ3n) is 14.5. The molecule has 0 aliphatic heterocycles. The standard InChI is InChI=1S/C63H122O17P2/c1-7-9-11-13-15-27-33-39-45-60(65)73-51-58(79-62(67)47-41-35-28-16-14-12-10-8-2)53-77-81(69,70)75-49-57(64)50-76-82(71,72)78-54-59(52-74-61(66)46-40-34-29-24-20-22-26-32-38-44-56(5)6)80-63(68)48-42-36-30-23-19-17-18-21-25-31-37-43-55(3)4/h55-59,64H,7-54H2,1-6H3,(H,69,70)(H,71,72)/t57-,58+,59+/m0/s1. The Morgan fingerprint density at radius 3 is 0.829 bits per heavy atom.